The van der Waals surface area contributed by atoms with Crippen LogP contribution in [-0.2, 0) is 21.4 Å². The molecule has 1 heterocycles. The van der Waals surface area contributed by atoms with Crippen LogP contribution in [0, 0.1) is 6.92 Å². The summed E-state index contributed by atoms with van der Waals surface area (Å²) in [7, 11) is 0. The van der Waals surface area contributed by atoms with E-state index in [2.05, 4.69) is 56.5 Å². The zero-order chi connectivity index (χ0) is 16.3. The molecule has 1 aromatic carbocycles. The molecule has 4 nitrogen and oxygen atoms in total. The van der Waals surface area contributed by atoms with Gasteiger partial charge >= 0.3 is 0 Å². The lowest BCUT2D eigenvalue weighted by atomic mass is 9.85. The maximum atomic E-state index is 12.0. The van der Waals surface area contributed by atoms with Crippen molar-refractivity contribution in [2.75, 3.05) is 6.54 Å². The van der Waals surface area contributed by atoms with Crippen molar-refractivity contribution in [2.24, 2.45) is 0 Å². The molecule has 0 bridgehead atoms. The molecule has 1 aliphatic rings. The van der Waals surface area contributed by atoms with Crippen molar-refractivity contribution in [2.45, 2.75) is 58.4 Å². The first-order valence-electron chi connectivity index (χ1n) is 7.94. The number of hydrogen-bond donors (Lipinski definition) is 2. The monoisotopic (exact) mass is 302 g/mol. The highest BCUT2D eigenvalue weighted by Crippen LogP contribution is 2.24. The molecule has 0 saturated carbocycles. The molecule has 120 valence electrons. The third-order valence-corrected chi connectivity index (χ3v) is 4.22. The van der Waals surface area contributed by atoms with Crippen molar-refractivity contribution in [3.63, 3.8) is 0 Å². The van der Waals surface area contributed by atoms with Gasteiger partial charge in [-0.1, -0.05) is 39.0 Å². The van der Waals surface area contributed by atoms with E-state index < -0.39 is 0 Å². The van der Waals surface area contributed by atoms with Crippen LogP contribution in [0.25, 0.3) is 0 Å². The summed E-state index contributed by atoms with van der Waals surface area (Å²) < 4.78 is 0. The van der Waals surface area contributed by atoms with Gasteiger partial charge in [0.15, 0.2) is 0 Å². The Labute approximate surface area is 132 Å². The molecular weight excluding hydrogens is 276 g/mol. The first-order valence-corrected chi connectivity index (χ1v) is 7.94. The molecule has 22 heavy (non-hydrogen) atoms. The standard InChI is InChI=1S/C18H26N2O2/c1-12-5-6-14(18(2,3)4)11-13(12)9-10-19-17(22)15-7-8-16(21)20-15/h5-6,11,15H,7-10H2,1-4H3,(H,19,22)(H,20,21). The third kappa shape index (κ3) is 4.09. The summed E-state index contributed by atoms with van der Waals surface area (Å²) in [6.45, 7) is 9.30. The Morgan fingerprint density at radius 2 is 2.09 bits per heavy atom. The first kappa shape index (κ1) is 16.5. The predicted molar refractivity (Wildman–Crippen MR) is 87.8 cm³/mol. The fraction of sp³-hybridized carbons (Fsp3) is 0.556. The topological polar surface area (TPSA) is 58.2 Å². The summed E-state index contributed by atoms with van der Waals surface area (Å²) in [4.78, 5) is 23.1. The lowest BCUT2D eigenvalue weighted by Crippen LogP contribution is -2.42. The van der Waals surface area contributed by atoms with E-state index in [9.17, 15) is 9.59 Å². The molecule has 0 radical (unpaired) electrons. The van der Waals surface area contributed by atoms with Crippen LogP contribution in [0.2, 0.25) is 0 Å². The van der Waals surface area contributed by atoms with E-state index in [0.717, 1.165) is 6.42 Å². The highest BCUT2D eigenvalue weighted by molar-refractivity contribution is 5.90. The maximum absolute atomic E-state index is 12.0. The zero-order valence-corrected chi connectivity index (χ0v) is 14.0. The summed E-state index contributed by atoms with van der Waals surface area (Å²) in [5, 5.41) is 5.62. The molecule has 1 saturated heterocycles. The second-order valence-electron chi connectivity index (χ2n) is 7.09. The molecule has 0 spiro atoms. The normalized spacial score (nSPS) is 18.2. The quantitative estimate of drug-likeness (QED) is 0.896. The summed E-state index contributed by atoms with van der Waals surface area (Å²) in [6, 6.07) is 6.20. The molecule has 0 aromatic heterocycles. The van der Waals surface area contributed by atoms with Gasteiger partial charge in [-0.05, 0) is 41.9 Å². The highest BCUT2D eigenvalue weighted by Gasteiger charge is 2.26. The molecule has 1 atom stereocenters. The number of carbonyl (C=O) groups excluding carboxylic acids is 2. The van der Waals surface area contributed by atoms with Gasteiger partial charge in [-0.25, -0.2) is 0 Å². The Morgan fingerprint density at radius 3 is 2.68 bits per heavy atom. The van der Waals surface area contributed by atoms with E-state index in [1.54, 1.807) is 0 Å². The smallest absolute Gasteiger partial charge is 0.242 e. The van der Waals surface area contributed by atoms with E-state index in [-0.39, 0.29) is 23.3 Å². The van der Waals surface area contributed by atoms with Crippen molar-refractivity contribution in [1.82, 2.24) is 10.6 Å². The van der Waals surface area contributed by atoms with Crippen LogP contribution in [-0.4, -0.2) is 24.4 Å². The Bertz CT molecular complexity index is 573. The van der Waals surface area contributed by atoms with Crippen LogP contribution in [0.4, 0.5) is 0 Å². The van der Waals surface area contributed by atoms with E-state index in [4.69, 9.17) is 0 Å². The number of hydrogen-bond acceptors (Lipinski definition) is 2. The SMILES string of the molecule is Cc1ccc(C(C)(C)C)cc1CCNC(=O)C1CCC(=O)N1. The number of benzene rings is 1. The van der Waals surface area contributed by atoms with Gasteiger partial charge in [0.25, 0.3) is 0 Å². The lowest BCUT2D eigenvalue weighted by molar-refractivity contribution is -0.125. The van der Waals surface area contributed by atoms with Crippen LogP contribution >= 0.6 is 0 Å². The summed E-state index contributed by atoms with van der Waals surface area (Å²) in [5.74, 6) is -0.107. The van der Waals surface area contributed by atoms with Gasteiger partial charge in [0.1, 0.15) is 6.04 Å². The van der Waals surface area contributed by atoms with Crippen LogP contribution < -0.4 is 10.6 Å². The molecule has 2 rings (SSSR count). The van der Waals surface area contributed by atoms with Crippen LogP contribution in [0.5, 0.6) is 0 Å². The van der Waals surface area contributed by atoms with Crippen LogP contribution in [0.1, 0.15) is 50.3 Å². The van der Waals surface area contributed by atoms with Gasteiger partial charge < -0.3 is 10.6 Å². The van der Waals surface area contributed by atoms with Crippen LogP contribution in [0.15, 0.2) is 18.2 Å². The summed E-state index contributed by atoms with van der Waals surface area (Å²) in [6.07, 6.45) is 1.86. The molecule has 1 aliphatic heterocycles. The van der Waals surface area contributed by atoms with Crippen molar-refractivity contribution in [1.29, 1.82) is 0 Å². The maximum Gasteiger partial charge on any atom is 0.242 e. The summed E-state index contributed by atoms with van der Waals surface area (Å²) >= 11 is 0. The van der Waals surface area contributed by atoms with Gasteiger partial charge in [0, 0.05) is 13.0 Å². The van der Waals surface area contributed by atoms with Crippen molar-refractivity contribution < 1.29 is 9.59 Å². The molecule has 2 N–H and O–H groups in total. The van der Waals surface area contributed by atoms with Crippen molar-refractivity contribution in [3.05, 3.63) is 34.9 Å². The average Bonchev–Trinajstić information content (AvgIpc) is 2.86. The van der Waals surface area contributed by atoms with E-state index in [1.807, 2.05) is 0 Å². The molecule has 1 fully saturated rings. The molecule has 2 amide bonds. The molecule has 1 unspecified atom stereocenters. The lowest BCUT2D eigenvalue weighted by Gasteiger charge is -2.21. The number of amides is 2. The van der Waals surface area contributed by atoms with Crippen LogP contribution in [0.3, 0.4) is 0 Å². The molecule has 1 aromatic rings. The predicted octanol–water partition coefficient (Wildman–Crippen LogP) is 2.23. The number of rotatable bonds is 4. The number of aryl methyl sites for hydroxylation is 1. The minimum absolute atomic E-state index is 0.0335. The molecule has 0 aliphatic carbocycles. The van der Waals surface area contributed by atoms with E-state index in [0.29, 0.717) is 19.4 Å². The average molecular weight is 302 g/mol. The Hall–Kier alpha value is -1.84. The minimum Gasteiger partial charge on any atom is -0.354 e. The summed E-state index contributed by atoms with van der Waals surface area (Å²) in [5.41, 5.74) is 3.95. The number of carbonyl (C=O) groups is 2. The first-order chi connectivity index (χ1) is 10.3. The number of nitrogens with one attached hydrogen (secondary N) is 2. The second kappa shape index (κ2) is 6.51. The second-order valence-corrected chi connectivity index (χ2v) is 7.09. The Morgan fingerprint density at radius 1 is 1.36 bits per heavy atom. The van der Waals surface area contributed by atoms with Crippen molar-refractivity contribution in [3.8, 4) is 0 Å². The van der Waals surface area contributed by atoms with Crippen molar-refractivity contribution >= 4 is 11.8 Å². The minimum atomic E-state index is -0.352. The fourth-order valence-corrected chi connectivity index (χ4v) is 2.66. The van der Waals surface area contributed by atoms with Gasteiger partial charge in [-0.3, -0.25) is 9.59 Å². The fourth-order valence-electron chi connectivity index (χ4n) is 2.66. The zero-order valence-electron chi connectivity index (χ0n) is 14.0. The van der Waals surface area contributed by atoms with Gasteiger partial charge in [0.2, 0.25) is 11.8 Å². The molecule has 4 heteroatoms. The largest absolute Gasteiger partial charge is 0.354 e. The molecular formula is C18H26N2O2. The van der Waals surface area contributed by atoms with Gasteiger partial charge in [0.05, 0.1) is 0 Å². The van der Waals surface area contributed by atoms with E-state index in [1.165, 1.54) is 16.7 Å². The van der Waals surface area contributed by atoms with Gasteiger partial charge in [-0.15, -0.1) is 0 Å². The highest BCUT2D eigenvalue weighted by atomic mass is 16.2. The third-order valence-electron chi connectivity index (χ3n) is 4.22. The Balaban J connectivity index is 1.91. The Kier molecular flexibility index (Phi) is 4.89. The van der Waals surface area contributed by atoms with Gasteiger partial charge in [-0.2, -0.15) is 0 Å². The van der Waals surface area contributed by atoms with E-state index >= 15 is 0 Å².